The Morgan fingerprint density at radius 1 is 0.683 bits per heavy atom. The molecule has 2 aromatic heterocycles. The van der Waals surface area contributed by atoms with Crippen LogP contribution in [0.4, 0.5) is 0 Å². The zero-order chi connectivity index (χ0) is 28.1. The molecule has 0 spiro atoms. The average Bonchev–Trinajstić information content (AvgIpc) is 3.57. The second kappa shape index (κ2) is 13.2. The lowest BCUT2D eigenvalue weighted by Gasteiger charge is -2.23. The SMILES string of the molecule is Cl.N[C@@H](Cc1ccccc1)C(=O)N[C@H](Cc1c[nH]c2ccccc12)C(=O)N[C@H](Cc1c[nH]c2ccccc12)C(=O)O. The van der Waals surface area contributed by atoms with Gasteiger partial charge in [0.25, 0.3) is 0 Å². The number of nitrogens with two attached hydrogens (primary N) is 1. The number of aromatic nitrogens is 2. The van der Waals surface area contributed by atoms with Crippen LogP contribution in [0, 0.1) is 0 Å². The van der Waals surface area contributed by atoms with Crippen LogP contribution in [-0.4, -0.2) is 51.0 Å². The third-order valence-electron chi connectivity index (χ3n) is 7.08. The minimum atomic E-state index is -1.20. The van der Waals surface area contributed by atoms with Crippen molar-refractivity contribution < 1.29 is 19.5 Å². The summed E-state index contributed by atoms with van der Waals surface area (Å²) in [6.45, 7) is 0. The van der Waals surface area contributed by atoms with Gasteiger partial charge in [-0.3, -0.25) is 9.59 Å². The first kappa shape index (κ1) is 29.4. The van der Waals surface area contributed by atoms with E-state index in [0.29, 0.717) is 6.42 Å². The molecule has 0 fully saturated rings. The van der Waals surface area contributed by atoms with Gasteiger partial charge in [0.15, 0.2) is 0 Å². The first-order chi connectivity index (χ1) is 19.4. The summed E-state index contributed by atoms with van der Waals surface area (Å²) in [6.07, 6.45) is 4.07. The molecule has 0 saturated carbocycles. The van der Waals surface area contributed by atoms with E-state index in [1.54, 1.807) is 12.4 Å². The second-order valence-electron chi connectivity index (χ2n) is 9.88. The fourth-order valence-corrected chi connectivity index (χ4v) is 4.96. The molecule has 0 saturated heterocycles. The standard InChI is InChI=1S/C31H31N5O4.ClH/c32-24(14-19-8-2-1-3-9-19)29(37)35-27(15-20-17-33-25-12-6-4-10-22(20)25)30(38)36-28(31(39)40)16-21-18-34-26-13-7-5-11-23(21)26;/h1-13,17-18,24,27-28,33-34H,14-16,32H2,(H,35,37)(H,36,38)(H,39,40);1H/t24-,27+,28+;/m0./s1. The maximum Gasteiger partial charge on any atom is 0.326 e. The van der Waals surface area contributed by atoms with Crippen LogP contribution in [0.5, 0.6) is 0 Å². The van der Waals surface area contributed by atoms with Crippen molar-refractivity contribution in [1.82, 2.24) is 20.6 Å². The maximum absolute atomic E-state index is 13.6. The number of para-hydroxylation sites is 2. The van der Waals surface area contributed by atoms with Gasteiger partial charge >= 0.3 is 5.97 Å². The Labute approximate surface area is 242 Å². The zero-order valence-corrected chi connectivity index (χ0v) is 23.0. The molecule has 212 valence electrons. The predicted molar refractivity (Wildman–Crippen MR) is 161 cm³/mol. The number of amides is 2. The average molecular weight is 574 g/mol. The minimum absolute atomic E-state index is 0. The third-order valence-corrected chi connectivity index (χ3v) is 7.08. The Hall–Kier alpha value is -4.60. The molecule has 5 rings (SSSR count). The van der Waals surface area contributed by atoms with Crippen LogP contribution in [-0.2, 0) is 33.6 Å². The van der Waals surface area contributed by atoms with Crippen molar-refractivity contribution in [3.63, 3.8) is 0 Å². The fourth-order valence-electron chi connectivity index (χ4n) is 4.96. The number of fused-ring (bicyclic) bond motifs is 2. The molecule has 10 heteroatoms. The Balaban J connectivity index is 0.00000387. The van der Waals surface area contributed by atoms with Gasteiger partial charge in [-0.15, -0.1) is 12.4 Å². The van der Waals surface area contributed by atoms with Gasteiger partial charge in [0, 0.05) is 47.0 Å². The first-order valence-electron chi connectivity index (χ1n) is 13.1. The molecule has 2 heterocycles. The molecular formula is C31H32ClN5O4. The highest BCUT2D eigenvalue weighted by Gasteiger charge is 2.29. The number of halogens is 1. The summed E-state index contributed by atoms with van der Waals surface area (Å²) < 4.78 is 0. The highest BCUT2D eigenvalue weighted by molar-refractivity contribution is 5.93. The van der Waals surface area contributed by atoms with E-state index in [1.165, 1.54) is 0 Å². The molecule has 0 radical (unpaired) electrons. The summed E-state index contributed by atoms with van der Waals surface area (Å²) in [5.74, 6) is -2.26. The number of carboxylic acid groups (broad SMARTS) is 1. The topological polar surface area (TPSA) is 153 Å². The Morgan fingerprint density at radius 3 is 1.73 bits per heavy atom. The smallest absolute Gasteiger partial charge is 0.326 e. The van der Waals surface area contributed by atoms with Crippen molar-refractivity contribution >= 4 is 52.0 Å². The number of carbonyl (C=O) groups is 3. The van der Waals surface area contributed by atoms with E-state index >= 15 is 0 Å². The number of hydrogen-bond donors (Lipinski definition) is 6. The van der Waals surface area contributed by atoms with Gasteiger partial charge in [0.05, 0.1) is 6.04 Å². The number of hydrogen-bond acceptors (Lipinski definition) is 4. The number of carbonyl (C=O) groups excluding carboxylic acids is 2. The van der Waals surface area contributed by atoms with Gasteiger partial charge in [0.1, 0.15) is 12.1 Å². The summed E-state index contributed by atoms with van der Waals surface area (Å²) in [4.78, 5) is 45.2. The number of rotatable bonds is 11. The van der Waals surface area contributed by atoms with Crippen LogP contribution in [0.15, 0.2) is 91.3 Å². The number of benzene rings is 3. The number of nitrogens with one attached hydrogen (secondary N) is 4. The first-order valence-corrected chi connectivity index (χ1v) is 13.1. The van der Waals surface area contributed by atoms with E-state index < -0.39 is 35.9 Å². The van der Waals surface area contributed by atoms with E-state index in [2.05, 4.69) is 20.6 Å². The fraction of sp³-hybridized carbons (Fsp3) is 0.194. The summed E-state index contributed by atoms with van der Waals surface area (Å²) in [7, 11) is 0. The zero-order valence-electron chi connectivity index (χ0n) is 22.2. The largest absolute Gasteiger partial charge is 0.480 e. The normalized spacial score (nSPS) is 13.2. The molecule has 3 aromatic carbocycles. The molecule has 2 amide bonds. The molecular weight excluding hydrogens is 542 g/mol. The molecule has 3 atom stereocenters. The van der Waals surface area contributed by atoms with E-state index in [0.717, 1.165) is 38.5 Å². The highest BCUT2D eigenvalue weighted by Crippen LogP contribution is 2.21. The lowest BCUT2D eigenvalue weighted by atomic mass is 10.0. The van der Waals surface area contributed by atoms with Gasteiger partial charge in [0.2, 0.25) is 11.8 Å². The Morgan fingerprint density at radius 2 is 1.17 bits per heavy atom. The monoisotopic (exact) mass is 573 g/mol. The van der Waals surface area contributed by atoms with Crippen LogP contribution in [0.2, 0.25) is 0 Å². The molecule has 0 unspecified atom stereocenters. The second-order valence-corrected chi connectivity index (χ2v) is 9.88. The third kappa shape index (κ3) is 6.95. The molecule has 41 heavy (non-hydrogen) atoms. The summed E-state index contributed by atoms with van der Waals surface area (Å²) >= 11 is 0. The minimum Gasteiger partial charge on any atom is -0.480 e. The molecule has 0 aliphatic carbocycles. The number of aromatic amines is 2. The number of carboxylic acids is 1. The highest BCUT2D eigenvalue weighted by atomic mass is 35.5. The van der Waals surface area contributed by atoms with Gasteiger partial charge in [-0.2, -0.15) is 0 Å². The number of H-pyrrole nitrogens is 2. The quantitative estimate of drug-likeness (QED) is 0.143. The maximum atomic E-state index is 13.6. The van der Waals surface area contributed by atoms with Crippen molar-refractivity contribution in [1.29, 1.82) is 0 Å². The number of aliphatic carboxylic acids is 1. The van der Waals surface area contributed by atoms with Crippen molar-refractivity contribution in [2.24, 2.45) is 5.73 Å². The summed E-state index contributed by atoms with van der Waals surface area (Å²) in [6, 6.07) is 21.5. The molecule has 0 aliphatic rings. The van der Waals surface area contributed by atoms with Crippen molar-refractivity contribution in [2.75, 3.05) is 0 Å². The van der Waals surface area contributed by atoms with Crippen molar-refractivity contribution in [3.8, 4) is 0 Å². The molecule has 0 bridgehead atoms. The van der Waals surface area contributed by atoms with Crippen LogP contribution in [0.25, 0.3) is 21.8 Å². The Kier molecular flexibility index (Phi) is 9.44. The lowest BCUT2D eigenvalue weighted by molar-refractivity contribution is -0.142. The van der Waals surface area contributed by atoms with Gasteiger partial charge in [-0.25, -0.2) is 4.79 Å². The van der Waals surface area contributed by atoms with Gasteiger partial charge in [-0.05, 0) is 35.2 Å². The van der Waals surface area contributed by atoms with Gasteiger partial charge in [-0.1, -0.05) is 66.7 Å². The lowest BCUT2D eigenvalue weighted by Crippen LogP contribution is -2.55. The van der Waals surface area contributed by atoms with Crippen molar-refractivity contribution in [2.45, 2.75) is 37.4 Å². The molecule has 7 N–H and O–H groups in total. The van der Waals surface area contributed by atoms with E-state index in [9.17, 15) is 19.5 Å². The van der Waals surface area contributed by atoms with Crippen LogP contribution in [0.1, 0.15) is 16.7 Å². The summed E-state index contributed by atoms with van der Waals surface area (Å²) in [5.41, 5.74) is 10.5. The molecule has 9 nitrogen and oxygen atoms in total. The Bertz CT molecular complexity index is 1650. The molecule has 0 aliphatic heterocycles. The van der Waals surface area contributed by atoms with E-state index in [4.69, 9.17) is 5.73 Å². The van der Waals surface area contributed by atoms with E-state index in [-0.39, 0.29) is 25.2 Å². The summed E-state index contributed by atoms with van der Waals surface area (Å²) in [5, 5.41) is 17.2. The predicted octanol–water partition coefficient (Wildman–Crippen LogP) is 3.48. The van der Waals surface area contributed by atoms with Crippen LogP contribution < -0.4 is 16.4 Å². The van der Waals surface area contributed by atoms with Crippen LogP contribution >= 0.6 is 12.4 Å². The molecule has 5 aromatic rings. The van der Waals surface area contributed by atoms with Gasteiger partial charge < -0.3 is 31.4 Å². The van der Waals surface area contributed by atoms with E-state index in [1.807, 2.05) is 78.9 Å². The van der Waals surface area contributed by atoms with Crippen molar-refractivity contribution in [3.05, 3.63) is 108 Å². The van der Waals surface area contributed by atoms with Crippen LogP contribution in [0.3, 0.4) is 0 Å².